The highest BCUT2D eigenvalue weighted by Gasteiger charge is 1.80. The van der Waals surface area contributed by atoms with Crippen LogP contribution in [0.2, 0.25) is 0 Å². The van der Waals surface area contributed by atoms with Gasteiger partial charge in [-0.2, -0.15) is 0 Å². The minimum absolute atomic E-state index is 0.335. The lowest BCUT2D eigenvalue weighted by molar-refractivity contribution is 0.869. The van der Waals surface area contributed by atoms with Gasteiger partial charge in [0.15, 0.2) is 0 Å². The molecular weight excluding hydrogens is 130 g/mol. The van der Waals surface area contributed by atoms with Crippen molar-refractivity contribution in [1.82, 2.24) is 4.57 Å². The highest BCUT2D eigenvalue weighted by molar-refractivity contribution is 4.85. The monoisotopic (exact) mass is 135 g/mol. The van der Waals surface area contributed by atoms with Gasteiger partial charge in [-0.15, -0.1) is 0 Å². The van der Waals surface area contributed by atoms with Crippen LogP contribution in [0.5, 0.6) is 0 Å². The molecular formula is C7H5NO2. The van der Waals surface area contributed by atoms with E-state index >= 15 is 0 Å². The molecule has 0 atom stereocenters. The minimum Gasteiger partial charge on any atom is -0.311 e. The molecule has 1 rings (SSSR count). The Hall–Kier alpha value is -1.56. The third-order valence-electron chi connectivity index (χ3n) is 1.06. The van der Waals surface area contributed by atoms with Gasteiger partial charge in [-0.25, -0.2) is 0 Å². The summed E-state index contributed by atoms with van der Waals surface area (Å²) in [5.74, 6) is 0. The van der Waals surface area contributed by atoms with Gasteiger partial charge in [-0.05, 0) is 6.07 Å². The third-order valence-corrected chi connectivity index (χ3v) is 1.06. The maximum Gasteiger partial charge on any atom is 0.302 e. The van der Waals surface area contributed by atoms with Crippen molar-refractivity contribution in [2.24, 2.45) is 7.05 Å². The van der Waals surface area contributed by atoms with Gasteiger partial charge in [0, 0.05) is 25.4 Å². The number of hydrogen-bond donors (Lipinski definition) is 0. The van der Waals surface area contributed by atoms with Gasteiger partial charge >= 0.3 is 5.56 Å². The second-order valence-corrected chi connectivity index (χ2v) is 1.85. The fourth-order valence-corrected chi connectivity index (χ4v) is 0.492. The summed E-state index contributed by atoms with van der Waals surface area (Å²) >= 11 is 0. The predicted molar refractivity (Wildman–Crippen MR) is 35.6 cm³/mol. The van der Waals surface area contributed by atoms with Crippen LogP contribution in [0.3, 0.4) is 0 Å². The Labute approximate surface area is 57.6 Å². The van der Waals surface area contributed by atoms with Crippen LogP contribution in [0, 0.1) is 12.1 Å². The first-order chi connectivity index (χ1) is 4.70. The molecule has 0 aliphatic rings. The summed E-state index contributed by atoms with van der Waals surface area (Å²) in [6.45, 7) is 0. The molecule has 1 aromatic rings. The van der Waals surface area contributed by atoms with Crippen LogP contribution >= 0.6 is 0 Å². The van der Waals surface area contributed by atoms with E-state index < -0.39 is 0 Å². The second kappa shape index (κ2) is 2.36. The summed E-state index contributed by atoms with van der Waals surface area (Å²) in [4.78, 5) is 21.2. The summed E-state index contributed by atoms with van der Waals surface area (Å²) in [6.07, 6.45) is 1.39. The van der Waals surface area contributed by atoms with E-state index in [1.54, 1.807) is 7.05 Å². The van der Waals surface area contributed by atoms with Crippen LogP contribution in [-0.4, -0.2) is 4.57 Å². The van der Waals surface area contributed by atoms with Crippen LogP contribution in [0.15, 0.2) is 21.9 Å². The van der Waals surface area contributed by atoms with E-state index in [2.05, 4.69) is 12.1 Å². The van der Waals surface area contributed by atoms with Crippen molar-refractivity contribution in [3.05, 3.63) is 45.0 Å². The Bertz CT molecular complexity index is 340. The zero-order valence-electron chi connectivity index (χ0n) is 5.42. The molecule has 0 unspecified atom stereocenters. The van der Waals surface area contributed by atoms with Crippen LogP contribution in [-0.2, 0) is 7.05 Å². The summed E-state index contributed by atoms with van der Waals surface area (Å²) in [7, 11) is 1.55. The molecule has 0 saturated heterocycles. The zero-order valence-corrected chi connectivity index (χ0v) is 5.42. The maximum atomic E-state index is 10.7. The van der Waals surface area contributed by atoms with E-state index in [0.29, 0.717) is 0 Å². The van der Waals surface area contributed by atoms with Crippen molar-refractivity contribution in [1.29, 1.82) is 0 Å². The van der Waals surface area contributed by atoms with Crippen LogP contribution in [0.25, 0.3) is 0 Å². The number of hydrogen-bond acceptors (Lipinski definition) is 2. The average Bonchev–Trinajstić information content (AvgIpc) is 2.04. The Morgan fingerprint density at radius 2 is 2.10 bits per heavy atom. The van der Waals surface area contributed by atoms with Crippen LogP contribution < -0.4 is 11.0 Å². The first-order valence-electron chi connectivity index (χ1n) is 2.71. The van der Waals surface area contributed by atoms with Crippen molar-refractivity contribution in [2.45, 2.75) is 0 Å². The van der Waals surface area contributed by atoms with E-state index in [4.69, 9.17) is 0 Å². The number of aryl methyl sites for hydroxylation is 1. The number of nitrogens with zero attached hydrogens (tertiary/aromatic N) is 1. The van der Waals surface area contributed by atoms with Gasteiger partial charge in [-0.3, -0.25) is 9.59 Å². The van der Waals surface area contributed by atoms with Crippen molar-refractivity contribution >= 4 is 0 Å². The summed E-state index contributed by atoms with van der Waals surface area (Å²) in [6, 6.07) is 5.59. The lowest BCUT2D eigenvalue weighted by atomic mass is 10.6. The molecule has 0 fully saturated rings. The molecule has 1 aromatic heterocycles. The molecule has 0 aliphatic heterocycles. The summed E-state index contributed by atoms with van der Waals surface area (Å²) in [5.41, 5.74) is -0.695. The van der Waals surface area contributed by atoms with E-state index in [1.165, 1.54) is 16.8 Å². The van der Waals surface area contributed by atoms with Gasteiger partial charge in [0.25, 0.3) is 0 Å². The third kappa shape index (κ3) is 1.23. The topological polar surface area (TPSA) is 39.1 Å². The lowest BCUT2D eigenvalue weighted by Crippen LogP contribution is -2.09. The minimum atomic E-state index is -0.359. The van der Waals surface area contributed by atoms with Gasteiger partial charge in [0.05, 0.1) is 0 Å². The van der Waals surface area contributed by atoms with Crippen LogP contribution in [0.1, 0.15) is 0 Å². The molecule has 0 saturated carbocycles. The van der Waals surface area contributed by atoms with Crippen molar-refractivity contribution < 1.29 is 0 Å². The molecule has 3 nitrogen and oxygen atoms in total. The SMILES string of the molecule is Cn1ccc(=O)c#cc1=O. The molecule has 0 N–H and O–H groups in total. The lowest BCUT2D eigenvalue weighted by Gasteiger charge is -1.81. The predicted octanol–water partition coefficient (Wildman–Crippen LogP) is -0.654. The highest BCUT2D eigenvalue weighted by Crippen LogP contribution is 1.61. The van der Waals surface area contributed by atoms with Crippen LogP contribution in [0.4, 0.5) is 0 Å². The largest absolute Gasteiger partial charge is 0.311 e. The Morgan fingerprint density at radius 3 is 2.80 bits per heavy atom. The van der Waals surface area contributed by atoms with Gasteiger partial charge < -0.3 is 4.57 Å². The van der Waals surface area contributed by atoms with E-state index in [0.717, 1.165) is 0 Å². The molecule has 0 amide bonds. The van der Waals surface area contributed by atoms with Gasteiger partial charge in [0.1, 0.15) is 0 Å². The fourth-order valence-electron chi connectivity index (χ4n) is 0.492. The van der Waals surface area contributed by atoms with Gasteiger partial charge in [-0.1, -0.05) is 0 Å². The molecule has 0 bridgehead atoms. The molecule has 3 heteroatoms. The van der Waals surface area contributed by atoms with E-state index in [-0.39, 0.29) is 11.0 Å². The molecule has 10 heavy (non-hydrogen) atoms. The average molecular weight is 135 g/mol. The Balaban J connectivity index is 3.58. The molecule has 0 radical (unpaired) electrons. The summed E-state index contributed by atoms with van der Waals surface area (Å²) < 4.78 is 1.26. The second-order valence-electron chi connectivity index (χ2n) is 1.85. The molecule has 1 heterocycles. The Morgan fingerprint density at radius 1 is 1.40 bits per heavy atom. The first kappa shape index (κ1) is 6.56. The maximum absolute atomic E-state index is 10.7. The summed E-state index contributed by atoms with van der Waals surface area (Å²) in [5, 5.41) is 0. The molecule has 0 aromatic carbocycles. The smallest absolute Gasteiger partial charge is 0.302 e. The first-order valence-corrected chi connectivity index (χ1v) is 2.71. The quantitative estimate of drug-likeness (QED) is 0.474. The van der Waals surface area contributed by atoms with Crippen molar-refractivity contribution in [2.75, 3.05) is 0 Å². The Kier molecular flexibility index (Phi) is 1.55. The van der Waals surface area contributed by atoms with E-state index in [9.17, 15) is 9.59 Å². The number of aromatic nitrogens is 1. The van der Waals surface area contributed by atoms with E-state index in [1.807, 2.05) is 0 Å². The van der Waals surface area contributed by atoms with Crippen molar-refractivity contribution in [3.8, 4) is 0 Å². The highest BCUT2D eigenvalue weighted by atomic mass is 16.1. The molecule has 0 spiro atoms. The molecule has 0 aliphatic carbocycles. The molecule has 50 valence electrons. The van der Waals surface area contributed by atoms with Crippen molar-refractivity contribution in [3.63, 3.8) is 0 Å². The fraction of sp³-hybridized carbons (Fsp3) is 0.143. The standard InChI is InChI=1S/C7H5NO2/c1-8-5-4-6(9)2-3-7(8)10/h4-5H,1H3. The normalized spacial score (nSPS) is 8.50. The number of rotatable bonds is 0. The zero-order chi connectivity index (χ0) is 7.56. The van der Waals surface area contributed by atoms with Gasteiger partial charge in [0.2, 0.25) is 5.43 Å².